The van der Waals surface area contributed by atoms with Gasteiger partial charge in [0.1, 0.15) is 0 Å². The highest BCUT2D eigenvalue weighted by atomic mass is 16.5. The van der Waals surface area contributed by atoms with E-state index < -0.39 is 5.91 Å². The largest absolute Gasteiger partial charge is 0.359 e. The Morgan fingerprint density at radius 3 is 2.42 bits per heavy atom. The normalized spacial score (nSPS) is 11.6. The number of hydrogen-bond donors (Lipinski definition) is 2. The van der Waals surface area contributed by atoms with Crippen LogP contribution in [0.3, 0.4) is 0 Å². The Bertz CT molecular complexity index is 391. The third kappa shape index (κ3) is 5.40. The van der Waals surface area contributed by atoms with Crippen molar-refractivity contribution in [2.75, 3.05) is 13.1 Å². The Hall–Kier alpha value is -1.40. The van der Waals surface area contributed by atoms with Gasteiger partial charge in [-0.15, -0.1) is 0 Å². The van der Waals surface area contributed by atoms with E-state index in [1.54, 1.807) is 6.07 Å². The van der Waals surface area contributed by atoms with Crippen molar-refractivity contribution in [1.29, 1.82) is 0 Å². The molecule has 0 aromatic carbocycles. The van der Waals surface area contributed by atoms with E-state index in [1.807, 2.05) is 5.43 Å². The first-order chi connectivity index (χ1) is 8.92. The Kier molecular flexibility index (Phi) is 5.98. The van der Waals surface area contributed by atoms with Crippen LogP contribution in [0, 0.1) is 11.8 Å². The van der Waals surface area contributed by atoms with Gasteiger partial charge in [0, 0.05) is 19.2 Å². The van der Waals surface area contributed by atoms with Gasteiger partial charge in [-0.2, -0.15) is 0 Å². The standard InChI is InChI=1S/C13H24N4O2/c1-9(2)6-17(7-10(3)4)8-11-5-12(16-19-11)13(18)15-14/h5,9-10H,6-8,14H2,1-4H3,(H,15,18). The molecular weight excluding hydrogens is 244 g/mol. The highest BCUT2D eigenvalue weighted by Crippen LogP contribution is 2.11. The number of carbonyl (C=O) groups is 1. The summed E-state index contributed by atoms with van der Waals surface area (Å²) >= 11 is 0. The van der Waals surface area contributed by atoms with Crippen LogP contribution in [0.5, 0.6) is 0 Å². The van der Waals surface area contributed by atoms with Gasteiger partial charge in [0.05, 0.1) is 6.54 Å². The van der Waals surface area contributed by atoms with Crippen molar-refractivity contribution in [2.24, 2.45) is 17.7 Å². The van der Waals surface area contributed by atoms with Crippen LogP contribution in [0.15, 0.2) is 10.6 Å². The summed E-state index contributed by atoms with van der Waals surface area (Å²) in [4.78, 5) is 13.6. The molecule has 0 unspecified atom stereocenters. The molecule has 0 saturated heterocycles. The maximum atomic E-state index is 11.3. The van der Waals surface area contributed by atoms with E-state index in [2.05, 4.69) is 37.8 Å². The van der Waals surface area contributed by atoms with E-state index in [9.17, 15) is 4.79 Å². The van der Waals surface area contributed by atoms with Gasteiger partial charge < -0.3 is 4.52 Å². The van der Waals surface area contributed by atoms with Gasteiger partial charge in [-0.05, 0) is 11.8 Å². The zero-order chi connectivity index (χ0) is 14.4. The molecule has 0 fully saturated rings. The maximum Gasteiger partial charge on any atom is 0.287 e. The van der Waals surface area contributed by atoms with Gasteiger partial charge >= 0.3 is 0 Å². The molecule has 6 nitrogen and oxygen atoms in total. The number of hydrazine groups is 1. The van der Waals surface area contributed by atoms with Crippen LogP contribution in [0.2, 0.25) is 0 Å². The molecule has 1 amide bonds. The Labute approximate surface area is 114 Å². The summed E-state index contributed by atoms with van der Waals surface area (Å²) in [6.07, 6.45) is 0. The zero-order valence-corrected chi connectivity index (χ0v) is 12.1. The predicted octanol–water partition coefficient (Wildman–Crippen LogP) is 1.39. The molecular formula is C13H24N4O2. The first-order valence-electron chi connectivity index (χ1n) is 6.61. The fourth-order valence-corrected chi connectivity index (χ4v) is 2.03. The van der Waals surface area contributed by atoms with Crippen molar-refractivity contribution in [3.05, 3.63) is 17.5 Å². The SMILES string of the molecule is CC(C)CN(Cc1cc(C(=O)NN)no1)CC(C)C. The lowest BCUT2D eigenvalue weighted by Gasteiger charge is -2.24. The van der Waals surface area contributed by atoms with E-state index in [4.69, 9.17) is 10.4 Å². The van der Waals surface area contributed by atoms with Crippen LogP contribution in [0.25, 0.3) is 0 Å². The molecule has 1 aromatic rings. The molecule has 0 aliphatic rings. The summed E-state index contributed by atoms with van der Waals surface area (Å²) in [5.74, 6) is 6.45. The minimum atomic E-state index is -0.436. The summed E-state index contributed by atoms with van der Waals surface area (Å²) in [5, 5.41) is 3.70. The van der Waals surface area contributed by atoms with Gasteiger partial charge in [-0.25, -0.2) is 5.84 Å². The second-order valence-corrected chi connectivity index (χ2v) is 5.63. The van der Waals surface area contributed by atoms with Gasteiger partial charge in [0.2, 0.25) is 0 Å². The zero-order valence-electron chi connectivity index (χ0n) is 12.1. The molecule has 1 rings (SSSR count). The first kappa shape index (κ1) is 15.7. The number of nitrogens with two attached hydrogens (primary N) is 1. The number of nitrogens with zero attached hydrogens (tertiary/aromatic N) is 2. The summed E-state index contributed by atoms with van der Waals surface area (Å²) < 4.78 is 5.17. The van der Waals surface area contributed by atoms with Crippen LogP contribution >= 0.6 is 0 Å². The fraction of sp³-hybridized carbons (Fsp3) is 0.692. The average molecular weight is 268 g/mol. The lowest BCUT2D eigenvalue weighted by molar-refractivity contribution is 0.0944. The lowest BCUT2D eigenvalue weighted by Crippen LogP contribution is -2.31. The highest BCUT2D eigenvalue weighted by molar-refractivity contribution is 5.91. The number of hydrogen-bond acceptors (Lipinski definition) is 5. The minimum Gasteiger partial charge on any atom is -0.359 e. The van der Waals surface area contributed by atoms with Crippen molar-refractivity contribution < 1.29 is 9.32 Å². The van der Waals surface area contributed by atoms with E-state index in [0.29, 0.717) is 24.1 Å². The third-order valence-electron chi connectivity index (χ3n) is 2.55. The molecule has 0 atom stereocenters. The van der Waals surface area contributed by atoms with Crippen LogP contribution in [0.4, 0.5) is 0 Å². The number of amides is 1. The number of rotatable bonds is 7. The molecule has 0 aliphatic carbocycles. The van der Waals surface area contributed by atoms with E-state index in [1.165, 1.54) is 0 Å². The van der Waals surface area contributed by atoms with E-state index in [0.717, 1.165) is 13.1 Å². The average Bonchev–Trinajstić information content (AvgIpc) is 2.74. The highest BCUT2D eigenvalue weighted by Gasteiger charge is 2.15. The third-order valence-corrected chi connectivity index (χ3v) is 2.55. The molecule has 0 saturated carbocycles. The second kappa shape index (κ2) is 7.25. The van der Waals surface area contributed by atoms with Crippen LogP contribution in [-0.2, 0) is 6.54 Å². The molecule has 0 spiro atoms. The molecule has 0 radical (unpaired) electrons. The number of carbonyl (C=O) groups excluding carboxylic acids is 1. The van der Waals surface area contributed by atoms with E-state index >= 15 is 0 Å². The monoisotopic (exact) mass is 268 g/mol. The Morgan fingerprint density at radius 2 is 1.95 bits per heavy atom. The quantitative estimate of drug-likeness (QED) is 0.443. The Morgan fingerprint density at radius 1 is 1.37 bits per heavy atom. The minimum absolute atomic E-state index is 0.214. The van der Waals surface area contributed by atoms with Gasteiger partial charge in [-0.3, -0.25) is 15.1 Å². The van der Waals surface area contributed by atoms with Crippen molar-refractivity contribution in [1.82, 2.24) is 15.5 Å². The molecule has 19 heavy (non-hydrogen) atoms. The van der Waals surface area contributed by atoms with Crippen molar-refractivity contribution in [3.63, 3.8) is 0 Å². The molecule has 0 aliphatic heterocycles. The summed E-state index contributed by atoms with van der Waals surface area (Å²) in [6, 6.07) is 1.63. The van der Waals surface area contributed by atoms with Gasteiger partial charge in [0.15, 0.2) is 11.5 Å². The van der Waals surface area contributed by atoms with Crippen LogP contribution in [-0.4, -0.2) is 29.1 Å². The number of nitrogen functional groups attached to an aromatic ring is 1. The summed E-state index contributed by atoms with van der Waals surface area (Å²) in [7, 11) is 0. The van der Waals surface area contributed by atoms with Crippen molar-refractivity contribution >= 4 is 5.91 Å². The molecule has 3 N–H and O–H groups in total. The maximum absolute atomic E-state index is 11.3. The topological polar surface area (TPSA) is 84.4 Å². The second-order valence-electron chi connectivity index (χ2n) is 5.63. The van der Waals surface area contributed by atoms with Crippen LogP contribution in [0.1, 0.15) is 43.9 Å². The van der Waals surface area contributed by atoms with Crippen LogP contribution < -0.4 is 11.3 Å². The molecule has 1 heterocycles. The molecule has 0 bridgehead atoms. The van der Waals surface area contributed by atoms with E-state index in [-0.39, 0.29) is 5.69 Å². The van der Waals surface area contributed by atoms with Gasteiger partial charge in [-0.1, -0.05) is 32.9 Å². The lowest BCUT2D eigenvalue weighted by atomic mass is 10.1. The van der Waals surface area contributed by atoms with Gasteiger partial charge in [0.25, 0.3) is 5.91 Å². The molecule has 6 heteroatoms. The van der Waals surface area contributed by atoms with Crippen molar-refractivity contribution in [3.8, 4) is 0 Å². The predicted molar refractivity (Wildman–Crippen MR) is 73.1 cm³/mol. The molecule has 1 aromatic heterocycles. The van der Waals surface area contributed by atoms with Crippen molar-refractivity contribution in [2.45, 2.75) is 34.2 Å². The molecule has 108 valence electrons. The number of nitrogens with one attached hydrogen (secondary N) is 1. The fourth-order valence-electron chi connectivity index (χ4n) is 2.03. The Balaban J connectivity index is 2.67. The first-order valence-corrected chi connectivity index (χ1v) is 6.61. The summed E-state index contributed by atoms with van der Waals surface area (Å²) in [5.41, 5.74) is 2.25. The summed E-state index contributed by atoms with van der Waals surface area (Å²) in [6.45, 7) is 11.3. The smallest absolute Gasteiger partial charge is 0.287 e. The number of aromatic nitrogens is 1.